The van der Waals surface area contributed by atoms with Crippen molar-refractivity contribution in [1.29, 1.82) is 0 Å². The van der Waals surface area contributed by atoms with Gasteiger partial charge in [0.2, 0.25) is 0 Å². The fourth-order valence-corrected chi connectivity index (χ4v) is 2.72. The number of halogens is 8. The van der Waals surface area contributed by atoms with Crippen LogP contribution < -0.4 is 5.32 Å². The first-order chi connectivity index (χ1) is 12.3. The summed E-state index contributed by atoms with van der Waals surface area (Å²) < 4.78 is 77.6. The van der Waals surface area contributed by atoms with Crippen molar-refractivity contribution in [2.24, 2.45) is 0 Å². The summed E-state index contributed by atoms with van der Waals surface area (Å²) in [5.74, 6) is -0.726. The Kier molecular flexibility index (Phi) is 5.84. The number of carbonyl (C=O) groups is 1. The van der Waals surface area contributed by atoms with Crippen LogP contribution in [0.4, 0.5) is 32.0 Å². The SMILES string of the molecule is O=C(Nc1ccc(C(O)(C(F)(F)F)C(F)(F)F)cc1)c1cc(Br)ccc1Cl. The quantitative estimate of drug-likeness (QED) is 0.561. The number of benzene rings is 2. The Labute approximate surface area is 162 Å². The van der Waals surface area contributed by atoms with Crippen LogP contribution in [0.3, 0.4) is 0 Å². The first-order valence-electron chi connectivity index (χ1n) is 7.00. The number of hydrogen-bond donors (Lipinski definition) is 2. The molecule has 0 aliphatic carbocycles. The van der Waals surface area contributed by atoms with Gasteiger partial charge in [0, 0.05) is 15.7 Å². The first-order valence-corrected chi connectivity index (χ1v) is 8.17. The molecule has 0 spiro atoms. The monoisotopic (exact) mass is 475 g/mol. The van der Waals surface area contributed by atoms with Crippen molar-refractivity contribution in [3.63, 3.8) is 0 Å². The minimum Gasteiger partial charge on any atom is -0.369 e. The molecule has 146 valence electrons. The second-order valence-corrected chi connectivity index (χ2v) is 6.68. The molecule has 0 aliphatic heterocycles. The van der Waals surface area contributed by atoms with E-state index in [0.717, 1.165) is 12.1 Å². The molecule has 0 saturated carbocycles. The van der Waals surface area contributed by atoms with Crippen LogP contribution in [0.5, 0.6) is 0 Å². The van der Waals surface area contributed by atoms with Gasteiger partial charge in [-0.05, 0) is 30.3 Å². The van der Waals surface area contributed by atoms with Crippen molar-refractivity contribution in [2.75, 3.05) is 5.32 Å². The zero-order valence-electron chi connectivity index (χ0n) is 12.9. The molecule has 0 bridgehead atoms. The molecule has 2 aromatic carbocycles. The third-order valence-electron chi connectivity index (χ3n) is 3.55. The van der Waals surface area contributed by atoms with Gasteiger partial charge in [-0.2, -0.15) is 26.3 Å². The Morgan fingerprint density at radius 3 is 1.96 bits per heavy atom. The van der Waals surface area contributed by atoms with E-state index in [4.69, 9.17) is 11.6 Å². The molecule has 3 nitrogen and oxygen atoms in total. The average Bonchev–Trinajstić information content (AvgIpc) is 2.55. The van der Waals surface area contributed by atoms with Gasteiger partial charge >= 0.3 is 12.4 Å². The van der Waals surface area contributed by atoms with Gasteiger partial charge in [-0.1, -0.05) is 39.7 Å². The predicted molar refractivity (Wildman–Crippen MR) is 89.6 cm³/mol. The van der Waals surface area contributed by atoms with Crippen LogP contribution in [0.1, 0.15) is 15.9 Å². The molecule has 0 radical (unpaired) electrons. The van der Waals surface area contributed by atoms with E-state index in [9.17, 15) is 36.2 Å². The van der Waals surface area contributed by atoms with Gasteiger partial charge in [0.05, 0.1) is 10.6 Å². The maximum atomic E-state index is 12.8. The zero-order chi connectivity index (χ0) is 20.6. The number of alkyl halides is 6. The minimum atomic E-state index is -5.99. The number of rotatable bonds is 3. The van der Waals surface area contributed by atoms with E-state index in [2.05, 4.69) is 21.2 Å². The summed E-state index contributed by atoms with van der Waals surface area (Å²) in [5.41, 5.74) is -6.51. The highest BCUT2D eigenvalue weighted by atomic mass is 79.9. The highest BCUT2D eigenvalue weighted by molar-refractivity contribution is 9.10. The van der Waals surface area contributed by atoms with E-state index < -0.39 is 29.4 Å². The lowest BCUT2D eigenvalue weighted by molar-refractivity contribution is -0.376. The molecule has 2 aromatic rings. The van der Waals surface area contributed by atoms with Gasteiger partial charge in [0.1, 0.15) is 0 Å². The van der Waals surface area contributed by atoms with Crippen LogP contribution in [0.15, 0.2) is 46.9 Å². The smallest absolute Gasteiger partial charge is 0.369 e. The van der Waals surface area contributed by atoms with Crippen molar-refractivity contribution < 1.29 is 36.2 Å². The summed E-state index contributed by atoms with van der Waals surface area (Å²) >= 11 is 9.02. The van der Waals surface area contributed by atoms with Crippen LogP contribution >= 0.6 is 27.5 Å². The van der Waals surface area contributed by atoms with E-state index in [1.54, 1.807) is 6.07 Å². The van der Waals surface area contributed by atoms with Crippen LogP contribution in [0.2, 0.25) is 5.02 Å². The first kappa shape index (κ1) is 21.5. The van der Waals surface area contributed by atoms with Gasteiger partial charge in [-0.25, -0.2) is 0 Å². The maximum Gasteiger partial charge on any atom is 0.430 e. The lowest BCUT2D eigenvalue weighted by Gasteiger charge is -2.32. The highest BCUT2D eigenvalue weighted by Gasteiger charge is 2.71. The van der Waals surface area contributed by atoms with Crippen molar-refractivity contribution in [3.8, 4) is 0 Å². The summed E-state index contributed by atoms with van der Waals surface area (Å²) in [6.07, 6.45) is -12.0. The molecular weight excluding hydrogens is 468 g/mol. The Hall–Kier alpha value is -1.78. The van der Waals surface area contributed by atoms with Crippen molar-refractivity contribution in [3.05, 3.63) is 63.1 Å². The molecule has 1 amide bonds. The normalized spacial score (nSPS) is 12.8. The molecule has 0 fully saturated rings. The molecule has 0 aliphatic rings. The molecule has 27 heavy (non-hydrogen) atoms. The third-order valence-corrected chi connectivity index (χ3v) is 4.38. The van der Waals surface area contributed by atoms with E-state index in [1.807, 2.05) is 0 Å². The van der Waals surface area contributed by atoms with Gasteiger partial charge in [0.15, 0.2) is 0 Å². The summed E-state index contributed by atoms with van der Waals surface area (Å²) in [6, 6.07) is 6.86. The molecule has 0 heterocycles. The van der Waals surface area contributed by atoms with Crippen molar-refractivity contribution >= 4 is 39.1 Å². The Balaban J connectivity index is 2.32. The average molecular weight is 477 g/mol. The van der Waals surface area contributed by atoms with E-state index in [0.29, 0.717) is 16.6 Å². The standard InChI is InChI=1S/C16H9BrClF6NO2/c17-9-3-6-12(18)11(7-9)13(26)25-10-4-1-8(2-5-10)14(27,15(19,20)21)16(22,23)24/h1-7,27H,(H,25,26). The Morgan fingerprint density at radius 1 is 0.963 bits per heavy atom. The van der Waals surface area contributed by atoms with Crippen molar-refractivity contribution in [1.82, 2.24) is 0 Å². The molecule has 0 saturated heterocycles. The fourth-order valence-electron chi connectivity index (χ4n) is 2.15. The third kappa shape index (κ3) is 4.22. The summed E-state index contributed by atoms with van der Waals surface area (Å²) in [5, 5.41) is 11.7. The number of hydrogen-bond acceptors (Lipinski definition) is 2. The Bertz CT molecular complexity index is 837. The molecule has 11 heteroatoms. The number of anilines is 1. The van der Waals surface area contributed by atoms with Crippen LogP contribution in [0, 0.1) is 0 Å². The number of carbonyl (C=O) groups excluding carboxylic acids is 1. The summed E-state index contributed by atoms with van der Waals surface area (Å²) in [4.78, 5) is 12.2. The van der Waals surface area contributed by atoms with E-state index in [-0.39, 0.29) is 16.3 Å². The molecule has 0 aromatic heterocycles. The highest BCUT2D eigenvalue weighted by Crippen LogP contribution is 2.50. The van der Waals surface area contributed by atoms with Gasteiger partial charge in [-0.15, -0.1) is 0 Å². The minimum absolute atomic E-state index is 0.0391. The largest absolute Gasteiger partial charge is 0.430 e. The topological polar surface area (TPSA) is 49.3 Å². The predicted octanol–water partition coefficient (Wildman–Crippen LogP) is 5.67. The molecular formula is C16H9BrClF6NO2. The van der Waals surface area contributed by atoms with Gasteiger partial charge < -0.3 is 10.4 Å². The zero-order valence-corrected chi connectivity index (χ0v) is 15.3. The lowest BCUT2D eigenvalue weighted by Crippen LogP contribution is -2.53. The fraction of sp³-hybridized carbons (Fsp3) is 0.188. The maximum absolute atomic E-state index is 12.8. The van der Waals surface area contributed by atoms with Crippen LogP contribution in [-0.2, 0) is 5.60 Å². The number of nitrogens with one attached hydrogen (secondary N) is 1. The van der Waals surface area contributed by atoms with E-state index >= 15 is 0 Å². The molecule has 2 N–H and O–H groups in total. The van der Waals surface area contributed by atoms with Crippen molar-refractivity contribution in [2.45, 2.75) is 18.0 Å². The summed E-state index contributed by atoms with van der Waals surface area (Å²) in [7, 11) is 0. The van der Waals surface area contributed by atoms with Crippen LogP contribution in [-0.4, -0.2) is 23.4 Å². The Morgan fingerprint density at radius 2 is 1.48 bits per heavy atom. The lowest BCUT2D eigenvalue weighted by atomic mass is 9.92. The van der Waals surface area contributed by atoms with Crippen LogP contribution in [0.25, 0.3) is 0 Å². The number of amides is 1. The molecule has 0 atom stereocenters. The molecule has 0 unspecified atom stereocenters. The summed E-state index contributed by atoms with van der Waals surface area (Å²) in [6.45, 7) is 0. The number of aliphatic hydroxyl groups is 1. The second-order valence-electron chi connectivity index (χ2n) is 5.36. The van der Waals surface area contributed by atoms with E-state index in [1.165, 1.54) is 12.1 Å². The van der Waals surface area contributed by atoms with Gasteiger partial charge in [0.25, 0.3) is 11.5 Å². The van der Waals surface area contributed by atoms with Gasteiger partial charge in [-0.3, -0.25) is 4.79 Å². The molecule has 2 rings (SSSR count). The second kappa shape index (κ2) is 7.33.